The lowest BCUT2D eigenvalue weighted by atomic mass is 9.90. The Morgan fingerprint density at radius 2 is 2.37 bits per heavy atom. The molecule has 19 heavy (non-hydrogen) atoms. The first-order valence-corrected chi connectivity index (χ1v) is 7.10. The Labute approximate surface area is 115 Å². The Kier molecular flexibility index (Phi) is 4.16. The highest BCUT2D eigenvalue weighted by Gasteiger charge is 2.37. The van der Waals surface area contributed by atoms with E-state index in [-0.39, 0.29) is 18.4 Å². The van der Waals surface area contributed by atoms with Crippen LogP contribution in [-0.4, -0.2) is 39.5 Å². The molecule has 0 aliphatic carbocycles. The fourth-order valence-corrected chi connectivity index (χ4v) is 3.09. The number of nitrogens with zero attached hydrogens (tertiary/aromatic N) is 2. The van der Waals surface area contributed by atoms with Crippen LogP contribution < -0.4 is 5.73 Å². The van der Waals surface area contributed by atoms with Gasteiger partial charge in [0.1, 0.15) is 16.7 Å². The number of amides is 1. The lowest BCUT2D eigenvalue weighted by molar-refractivity contribution is -0.145. The van der Waals surface area contributed by atoms with E-state index in [1.165, 1.54) is 16.2 Å². The van der Waals surface area contributed by atoms with Crippen molar-refractivity contribution in [3.8, 4) is 0 Å². The zero-order valence-corrected chi connectivity index (χ0v) is 11.5. The fraction of sp³-hybridized carbons (Fsp3) is 0.583. The Bertz CT molecular complexity index is 488. The Balaban J connectivity index is 2.22. The van der Waals surface area contributed by atoms with Gasteiger partial charge in [0, 0.05) is 18.5 Å². The van der Waals surface area contributed by atoms with Crippen molar-refractivity contribution in [3.05, 3.63) is 16.1 Å². The number of piperidine rings is 1. The normalized spacial score (nSPS) is 23.4. The van der Waals surface area contributed by atoms with Crippen LogP contribution in [0.5, 0.6) is 0 Å². The van der Waals surface area contributed by atoms with Crippen LogP contribution in [0, 0.1) is 5.92 Å². The summed E-state index contributed by atoms with van der Waals surface area (Å²) in [6, 6.07) is -0.760. The number of hydrogen-bond acceptors (Lipinski definition) is 5. The second-order valence-corrected chi connectivity index (χ2v) is 5.67. The lowest BCUT2D eigenvalue weighted by Crippen LogP contribution is -2.52. The van der Waals surface area contributed by atoms with E-state index in [0.717, 1.165) is 12.8 Å². The standard InChI is InChI=1S/C12H17N3O3S/c1-7-3-2-4-15(10(7)12(17)18)11(16)8-6-19-9(5-13)14-8/h6-7,10H,2-5,13H2,1H3,(H,17,18). The zero-order chi connectivity index (χ0) is 14.0. The van der Waals surface area contributed by atoms with Crippen molar-refractivity contribution in [2.75, 3.05) is 6.54 Å². The maximum absolute atomic E-state index is 12.4. The first-order chi connectivity index (χ1) is 9.04. The summed E-state index contributed by atoms with van der Waals surface area (Å²) in [5.41, 5.74) is 5.77. The van der Waals surface area contributed by atoms with Crippen LogP contribution in [0.1, 0.15) is 35.3 Å². The van der Waals surface area contributed by atoms with Gasteiger partial charge >= 0.3 is 5.97 Å². The second-order valence-electron chi connectivity index (χ2n) is 4.73. The van der Waals surface area contributed by atoms with Crippen molar-refractivity contribution in [3.63, 3.8) is 0 Å². The predicted molar refractivity (Wildman–Crippen MR) is 70.9 cm³/mol. The van der Waals surface area contributed by atoms with Gasteiger partial charge in [-0.3, -0.25) is 4.79 Å². The van der Waals surface area contributed by atoms with Gasteiger partial charge in [0.15, 0.2) is 0 Å². The largest absolute Gasteiger partial charge is 0.480 e. The number of nitrogens with two attached hydrogens (primary N) is 1. The van der Waals surface area contributed by atoms with E-state index in [2.05, 4.69) is 4.98 Å². The summed E-state index contributed by atoms with van der Waals surface area (Å²) in [7, 11) is 0. The molecule has 1 aliphatic heterocycles. The fourth-order valence-electron chi connectivity index (χ4n) is 2.44. The highest BCUT2D eigenvalue weighted by molar-refractivity contribution is 7.09. The minimum Gasteiger partial charge on any atom is -0.480 e. The van der Waals surface area contributed by atoms with Gasteiger partial charge in [-0.1, -0.05) is 6.92 Å². The van der Waals surface area contributed by atoms with Gasteiger partial charge in [-0.15, -0.1) is 11.3 Å². The first-order valence-electron chi connectivity index (χ1n) is 6.23. The third-order valence-electron chi connectivity index (χ3n) is 3.39. The molecule has 1 aliphatic rings. The molecule has 0 radical (unpaired) electrons. The van der Waals surface area contributed by atoms with Crippen molar-refractivity contribution in [1.29, 1.82) is 0 Å². The summed E-state index contributed by atoms with van der Waals surface area (Å²) in [6.07, 6.45) is 1.65. The number of rotatable bonds is 3. The molecule has 0 aromatic carbocycles. The zero-order valence-electron chi connectivity index (χ0n) is 10.7. The highest BCUT2D eigenvalue weighted by atomic mass is 32.1. The lowest BCUT2D eigenvalue weighted by Gasteiger charge is -2.36. The molecule has 7 heteroatoms. The highest BCUT2D eigenvalue weighted by Crippen LogP contribution is 2.25. The first kappa shape index (κ1) is 14.0. The van der Waals surface area contributed by atoms with Crippen molar-refractivity contribution in [2.24, 2.45) is 11.7 Å². The summed E-state index contributed by atoms with van der Waals surface area (Å²) < 4.78 is 0. The molecule has 1 aromatic rings. The maximum atomic E-state index is 12.4. The number of likely N-dealkylation sites (tertiary alicyclic amines) is 1. The van der Waals surface area contributed by atoms with Crippen molar-refractivity contribution in [1.82, 2.24) is 9.88 Å². The van der Waals surface area contributed by atoms with Gasteiger partial charge < -0.3 is 15.7 Å². The van der Waals surface area contributed by atoms with E-state index >= 15 is 0 Å². The number of thiazole rings is 1. The Hall–Kier alpha value is -1.47. The molecule has 0 saturated carbocycles. The van der Waals surface area contributed by atoms with E-state index in [1.54, 1.807) is 5.38 Å². The van der Waals surface area contributed by atoms with Gasteiger partial charge in [0.05, 0.1) is 0 Å². The number of hydrogen-bond donors (Lipinski definition) is 2. The number of carboxylic acids is 1. The summed E-state index contributed by atoms with van der Waals surface area (Å²) in [4.78, 5) is 29.3. The van der Waals surface area contributed by atoms with Crippen LogP contribution in [0.25, 0.3) is 0 Å². The number of carboxylic acid groups (broad SMARTS) is 1. The number of aliphatic carboxylic acids is 1. The van der Waals surface area contributed by atoms with E-state index in [9.17, 15) is 14.7 Å². The summed E-state index contributed by atoms with van der Waals surface area (Å²) in [6.45, 7) is 2.62. The average Bonchev–Trinajstić information content (AvgIpc) is 2.85. The van der Waals surface area contributed by atoms with E-state index < -0.39 is 12.0 Å². The van der Waals surface area contributed by atoms with E-state index in [0.29, 0.717) is 17.2 Å². The van der Waals surface area contributed by atoms with Crippen molar-refractivity contribution >= 4 is 23.2 Å². The van der Waals surface area contributed by atoms with Crippen LogP contribution >= 0.6 is 11.3 Å². The number of carbonyl (C=O) groups excluding carboxylic acids is 1. The molecule has 2 heterocycles. The molecule has 104 valence electrons. The number of aromatic nitrogens is 1. The summed E-state index contributed by atoms with van der Waals surface area (Å²) in [5.74, 6) is -1.30. The van der Waals surface area contributed by atoms with Gasteiger partial charge in [-0.2, -0.15) is 0 Å². The Morgan fingerprint density at radius 3 is 2.95 bits per heavy atom. The second kappa shape index (κ2) is 5.66. The molecule has 1 amide bonds. The quantitative estimate of drug-likeness (QED) is 0.860. The molecule has 0 spiro atoms. The van der Waals surface area contributed by atoms with Gasteiger partial charge in [-0.25, -0.2) is 9.78 Å². The molecule has 0 bridgehead atoms. The van der Waals surface area contributed by atoms with Gasteiger partial charge in [0.25, 0.3) is 5.91 Å². The maximum Gasteiger partial charge on any atom is 0.326 e. The molecular formula is C12H17N3O3S. The van der Waals surface area contributed by atoms with Crippen LogP contribution in [-0.2, 0) is 11.3 Å². The van der Waals surface area contributed by atoms with E-state index in [1.807, 2.05) is 6.92 Å². The monoisotopic (exact) mass is 283 g/mol. The van der Waals surface area contributed by atoms with Gasteiger partial charge in [-0.05, 0) is 18.8 Å². The van der Waals surface area contributed by atoms with Crippen LogP contribution in [0.4, 0.5) is 0 Å². The van der Waals surface area contributed by atoms with Crippen molar-refractivity contribution < 1.29 is 14.7 Å². The molecule has 6 nitrogen and oxygen atoms in total. The minimum atomic E-state index is -0.949. The molecule has 3 N–H and O–H groups in total. The van der Waals surface area contributed by atoms with Crippen molar-refractivity contribution in [2.45, 2.75) is 32.4 Å². The molecular weight excluding hydrogens is 266 g/mol. The summed E-state index contributed by atoms with van der Waals surface area (Å²) in [5, 5.41) is 11.6. The molecule has 1 aromatic heterocycles. The average molecular weight is 283 g/mol. The van der Waals surface area contributed by atoms with Gasteiger partial charge in [0.2, 0.25) is 0 Å². The topological polar surface area (TPSA) is 96.5 Å². The Morgan fingerprint density at radius 1 is 1.63 bits per heavy atom. The van der Waals surface area contributed by atoms with Crippen LogP contribution in [0.3, 0.4) is 0 Å². The molecule has 2 rings (SSSR count). The molecule has 2 unspecified atom stereocenters. The molecule has 1 fully saturated rings. The van der Waals surface area contributed by atoms with Crippen LogP contribution in [0.2, 0.25) is 0 Å². The van der Waals surface area contributed by atoms with Crippen LogP contribution in [0.15, 0.2) is 5.38 Å². The molecule has 2 atom stereocenters. The minimum absolute atomic E-state index is 0.0391. The smallest absolute Gasteiger partial charge is 0.326 e. The number of carbonyl (C=O) groups is 2. The third kappa shape index (κ3) is 2.76. The molecule has 1 saturated heterocycles. The third-order valence-corrected chi connectivity index (χ3v) is 4.26. The summed E-state index contributed by atoms with van der Waals surface area (Å²) >= 11 is 1.32. The van der Waals surface area contributed by atoms with E-state index in [4.69, 9.17) is 5.73 Å². The SMILES string of the molecule is CC1CCCN(C(=O)c2csc(CN)n2)C1C(=O)O. The predicted octanol–water partition coefficient (Wildman–Crippen LogP) is 0.927.